The summed E-state index contributed by atoms with van der Waals surface area (Å²) in [6.45, 7) is -0.242. The van der Waals surface area contributed by atoms with Gasteiger partial charge in [-0.1, -0.05) is 29.3 Å². The second-order valence-electron chi connectivity index (χ2n) is 3.92. The summed E-state index contributed by atoms with van der Waals surface area (Å²) in [5.74, 6) is -0.741. The number of hydrogen-bond acceptors (Lipinski definition) is 2. The topological polar surface area (TPSA) is 38.3 Å². The zero-order chi connectivity index (χ0) is 14.5. The largest absolute Gasteiger partial charge is 0.484 e. The summed E-state index contributed by atoms with van der Waals surface area (Å²) in [6.07, 6.45) is 0. The molecular weight excluding hydrogens is 304 g/mol. The van der Waals surface area contributed by atoms with Crippen LogP contribution in [0.4, 0.5) is 10.1 Å². The first-order chi connectivity index (χ1) is 9.54. The van der Waals surface area contributed by atoms with Crippen molar-refractivity contribution in [2.75, 3.05) is 11.9 Å². The minimum absolute atomic E-state index is 0.000675. The number of anilines is 1. The predicted molar refractivity (Wildman–Crippen MR) is 77.0 cm³/mol. The number of halogens is 3. The van der Waals surface area contributed by atoms with Crippen LogP contribution in [0.3, 0.4) is 0 Å². The molecule has 0 fully saturated rings. The summed E-state index contributed by atoms with van der Waals surface area (Å²) in [5, 5.41) is 3.13. The molecule has 0 heterocycles. The van der Waals surface area contributed by atoms with E-state index in [1.807, 2.05) is 0 Å². The fourth-order valence-electron chi connectivity index (χ4n) is 1.48. The third-order valence-corrected chi connectivity index (χ3v) is 2.91. The molecule has 20 heavy (non-hydrogen) atoms. The molecule has 0 aliphatic rings. The van der Waals surface area contributed by atoms with Crippen LogP contribution in [0.5, 0.6) is 5.75 Å². The molecular formula is C14H10Cl2FNO2. The van der Waals surface area contributed by atoms with Gasteiger partial charge in [-0.15, -0.1) is 0 Å². The van der Waals surface area contributed by atoms with E-state index in [0.29, 0.717) is 10.7 Å². The Kier molecular flexibility index (Phi) is 4.82. The van der Waals surface area contributed by atoms with Gasteiger partial charge in [0.05, 0.1) is 5.02 Å². The Morgan fingerprint density at radius 2 is 2.00 bits per heavy atom. The van der Waals surface area contributed by atoms with E-state index in [1.54, 1.807) is 24.3 Å². The third kappa shape index (κ3) is 4.11. The van der Waals surface area contributed by atoms with Crippen LogP contribution in [0, 0.1) is 5.82 Å². The van der Waals surface area contributed by atoms with E-state index in [1.165, 1.54) is 12.1 Å². The summed E-state index contributed by atoms with van der Waals surface area (Å²) in [4.78, 5) is 11.6. The van der Waals surface area contributed by atoms with Crippen molar-refractivity contribution in [3.63, 3.8) is 0 Å². The summed E-state index contributed by atoms with van der Waals surface area (Å²) in [7, 11) is 0. The molecule has 1 amide bonds. The minimum Gasteiger partial charge on any atom is -0.484 e. The van der Waals surface area contributed by atoms with Crippen LogP contribution in [0.2, 0.25) is 10.0 Å². The molecule has 0 aliphatic heterocycles. The molecule has 1 N–H and O–H groups in total. The van der Waals surface area contributed by atoms with Crippen LogP contribution < -0.4 is 10.1 Å². The van der Waals surface area contributed by atoms with Crippen molar-refractivity contribution in [3.8, 4) is 5.75 Å². The molecule has 2 aromatic rings. The monoisotopic (exact) mass is 313 g/mol. The lowest BCUT2D eigenvalue weighted by molar-refractivity contribution is -0.118. The first kappa shape index (κ1) is 14.6. The first-order valence-corrected chi connectivity index (χ1v) is 6.43. The highest BCUT2D eigenvalue weighted by molar-refractivity contribution is 6.31. The average Bonchev–Trinajstić information content (AvgIpc) is 2.40. The van der Waals surface area contributed by atoms with Gasteiger partial charge in [0.1, 0.15) is 11.6 Å². The van der Waals surface area contributed by atoms with E-state index in [9.17, 15) is 9.18 Å². The number of carbonyl (C=O) groups excluding carboxylic acids is 1. The van der Waals surface area contributed by atoms with Gasteiger partial charge in [-0.2, -0.15) is 0 Å². The smallest absolute Gasteiger partial charge is 0.262 e. The zero-order valence-electron chi connectivity index (χ0n) is 10.2. The zero-order valence-corrected chi connectivity index (χ0v) is 11.7. The van der Waals surface area contributed by atoms with Crippen LogP contribution in [0.1, 0.15) is 0 Å². The molecule has 0 bridgehead atoms. The fourth-order valence-corrected chi connectivity index (χ4v) is 1.79. The van der Waals surface area contributed by atoms with Crippen molar-refractivity contribution in [1.29, 1.82) is 0 Å². The molecule has 0 aliphatic carbocycles. The molecule has 6 heteroatoms. The normalized spacial score (nSPS) is 10.2. The predicted octanol–water partition coefficient (Wildman–Crippen LogP) is 4.15. The number of rotatable bonds is 4. The van der Waals surface area contributed by atoms with Gasteiger partial charge in [0.25, 0.3) is 5.91 Å². The Morgan fingerprint density at radius 3 is 2.70 bits per heavy atom. The van der Waals surface area contributed by atoms with Crippen molar-refractivity contribution in [1.82, 2.24) is 0 Å². The second kappa shape index (κ2) is 6.59. The maximum absolute atomic E-state index is 13.2. The highest BCUT2D eigenvalue weighted by Crippen LogP contribution is 2.20. The maximum atomic E-state index is 13.2. The van der Waals surface area contributed by atoms with Crippen LogP contribution in [0.15, 0.2) is 42.5 Å². The van der Waals surface area contributed by atoms with Gasteiger partial charge < -0.3 is 10.1 Å². The summed E-state index contributed by atoms with van der Waals surface area (Å²) in [5.41, 5.74) is 0.563. The Hall–Kier alpha value is -1.78. The molecule has 0 saturated carbocycles. The van der Waals surface area contributed by atoms with Gasteiger partial charge in [-0.25, -0.2) is 4.39 Å². The minimum atomic E-state index is -0.598. The highest BCUT2D eigenvalue weighted by atomic mass is 35.5. The van der Waals surface area contributed by atoms with Crippen molar-refractivity contribution < 1.29 is 13.9 Å². The van der Waals surface area contributed by atoms with Crippen molar-refractivity contribution in [2.24, 2.45) is 0 Å². The van der Waals surface area contributed by atoms with E-state index in [2.05, 4.69) is 5.32 Å². The number of amides is 1. The number of carbonyl (C=O) groups is 1. The second-order valence-corrected chi connectivity index (χ2v) is 4.77. The van der Waals surface area contributed by atoms with Crippen molar-refractivity contribution in [3.05, 3.63) is 58.3 Å². The first-order valence-electron chi connectivity index (χ1n) is 5.68. The molecule has 0 unspecified atom stereocenters. The maximum Gasteiger partial charge on any atom is 0.262 e. The van der Waals surface area contributed by atoms with E-state index >= 15 is 0 Å². The van der Waals surface area contributed by atoms with Gasteiger partial charge in [0.2, 0.25) is 0 Å². The van der Waals surface area contributed by atoms with Crippen molar-refractivity contribution >= 4 is 34.8 Å². The number of nitrogens with one attached hydrogen (secondary N) is 1. The molecule has 0 atom stereocenters. The van der Waals surface area contributed by atoms with Crippen LogP contribution >= 0.6 is 23.2 Å². The molecule has 0 radical (unpaired) electrons. The molecule has 2 rings (SSSR count). The Morgan fingerprint density at radius 1 is 1.20 bits per heavy atom. The van der Waals surface area contributed by atoms with E-state index in [0.717, 1.165) is 6.07 Å². The summed E-state index contributed by atoms with van der Waals surface area (Å²) < 4.78 is 18.3. The van der Waals surface area contributed by atoms with Crippen LogP contribution in [0.25, 0.3) is 0 Å². The van der Waals surface area contributed by atoms with E-state index in [-0.39, 0.29) is 23.3 Å². The van der Waals surface area contributed by atoms with Gasteiger partial charge in [-0.3, -0.25) is 4.79 Å². The SMILES string of the molecule is O=C(COc1ccc(Cl)c(F)c1)Nc1cccc(Cl)c1. The lowest BCUT2D eigenvalue weighted by Gasteiger charge is -2.08. The lowest BCUT2D eigenvalue weighted by Crippen LogP contribution is -2.20. The van der Waals surface area contributed by atoms with Crippen LogP contribution in [-0.4, -0.2) is 12.5 Å². The fraction of sp³-hybridized carbons (Fsp3) is 0.0714. The summed E-state index contributed by atoms with van der Waals surface area (Å²) >= 11 is 11.3. The highest BCUT2D eigenvalue weighted by Gasteiger charge is 2.06. The number of ether oxygens (including phenoxy) is 1. The Balaban J connectivity index is 1.90. The van der Waals surface area contributed by atoms with Gasteiger partial charge in [0.15, 0.2) is 6.61 Å². The number of hydrogen-bond donors (Lipinski definition) is 1. The van der Waals surface area contributed by atoms with Gasteiger partial charge in [0, 0.05) is 16.8 Å². The quantitative estimate of drug-likeness (QED) is 0.920. The van der Waals surface area contributed by atoms with E-state index < -0.39 is 5.82 Å². The third-order valence-electron chi connectivity index (χ3n) is 2.37. The van der Waals surface area contributed by atoms with Gasteiger partial charge in [-0.05, 0) is 30.3 Å². The summed E-state index contributed by atoms with van der Waals surface area (Å²) in [6, 6.07) is 10.7. The van der Waals surface area contributed by atoms with E-state index in [4.69, 9.17) is 27.9 Å². The van der Waals surface area contributed by atoms with Gasteiger partial charge >= 0.3 is 0 Å². The molecule has 3 nitrogen and oxygen atoms in total. The molecule has 2 aromatic carbocycles. The average molecular weight is 314 g/mol. The van der Waals surface area contributed by atoms with Crippen LogP contribution in [-0.2, 0) is 4.79 Å². The Labute approximate surface area is 125 Å². The Bertz CT molecular complexity index is 634. The number of benzene rings is 2. The molecule has 0 spiro atoms. The molecule has 0 saturated heterocycles. The standard InChI is InChI=1S/C14H10Cl2FNO2/c15-9-2-1-3-10(6-9)18-14(19)8-20-11-4-5-12(16)13(17)7-11/h1-7H,8H2,(H,18,19). The molecule has 104 valence electrons. The molecule has 0 aromatic heterocycles. The lowest BCUT2D eigenvalue weighted by atomic mass is 10.3. The van der Waals surface area contributed by atoms with Crippen molar-refractivity contribution in [2.45, 2.75) is 0 Å².